The Morgan fingerprint density at radius 2 is 2.20 bits per heavy atom. The van der Waals surface area contributed by atoms with Gasteiger partial charge in [-0.1, -0.05) is 0 Å². The highest BCUT2D eigenvalue weighted by molar-refractivity contribution is 7.90. The molecule has 0 radical (unpaired) electrons. The minimum atomic E-state index is -2.93. The Morgan fingerprint density at radius 1 is 1.53 bits per heavy atom. The highest BCUT2D eigenvalue weighted by Gasteiger charge is 2.14. The van der Waals surface area contributed by atoms with Crippen molar-refractivity contribution in [3.8, 4) is 0 Å². The number of nitrogens with zero attached hydrogens (tertiary/aromatic N) is 1. The van der Waals surface area contributed by atoms with Crippen LogP contribution < -0.4 is 5.32 Å². The molecule has 2 N–H and O–H groups in total. The summed E-state index contributed by atoms with van der Waals surface area (Å²) in [4.78, 5) is 7.08. The summed E-state index contributed by atoms with van der Waals surface area (Å²) in [5.41, 5.74) is 0. The van der Waals surface area contributed by atoms with Crippen LogP contribution in [0.1, 0.15) is 25.7 Å². The molecular weight excluding hydrogens is 214 g/mol. The summed E-state index contributed by atoms with van der Waals surface area (Å²) in [5, 5.41) is 3.17. The van der Waals surface area contributed by atoms with Gasteiger partial charge >= 0.3 is 0 Å². The second-order valence-electron chi connectivity index (χ2n) is 3.86. The van der Waals surface area contributed by atoms with Crippen LogP contribution in [0.25, 0.3) is 0 Å². The van der Waals surface area contributed by atoms with E-state index in [-0.39, 0.29) is 17.8 Å². The van der Waals surface area contributed by atoms with Gasteiger partial charge in [-0.2, -0.15) is 0 Å². The van der Waals surface area contributed by atoms with Gasteiger partial charge in [-0.3, -0.25) is 0 Å². The molecule has 86 valence electrons. The van der Waals surface area contributed by atoms with E-state index in [0.717, 1.165) is 5.82 Å². The molecule has 0 fully saturated rings. The fourth-order valence-electron chi connectivity index (χ4n) is 1.52. The molecule has 0 aliphatic rings. The zero-order valence-corrected chi connectivity index (χ0v) is 10.0. The van der Waals surface area contributed by atoms with Crippen molar-refractivity contribution in [1.29, 1.82) is 0 Å². The zero-order valence-electron chi connectivity index (χ0n) is 9.19. The quantitative estimate of drug-likeness (QED) is 0.773. The van der Waals surface area contributed by atoms with Crippen LogP contribution in [0.15, 0.2) is 12.4 Å². The van der Waals surface area contributed by atoms with Crippen molar-refractivity contribution in [2.24, 2.45) is 0 Å². The van der Waals surface area contributed by atoms with E-state index in [2.05, 4.69) is 15.3 Å². The number of aromatic nitrogens is 2. The molecule has 0 bridgehead atoms. The molecular formula is C9H17N3O2S. The number of imidazole rings is 1. The Bertz CT molecular complexity index is 385. The maximum Gasteiger partial charge on any atom is 0.148 e. The Kier molecular flexibility index (Phi) is 3.87. The first-order valence-corrected chi connectivity index (χ1v) is 6.87. The molecule has 2 atom stereocenters. The molecule has 1 aromatic heterocycles. The van der Waals surface area contributed by atoms with Crippen LogP contribution in [0.3, 0.4) is 0 Å². The SMILES string of the molecule is CC(CS(C)(=O)=O)NC(C)c1ncc[nH]1. The summed E-state index contributed by atoms with van der Waals surface area (Å²) in [5.74, 6) is 0.952. The van der Waals surface area contributed by atoms with Crippen molar-refractivity contribution in [3.63, 3.8) is 0 Å². The van der Waals surface area contributed by atoms with Crippen molar-refractivity contribution in [1.82, 2.24) is 15.3 Å². The number of H-pyrrole nitrogens is 1. The van der Waals surface area contributed by atoms with Gasteiger partial charge in [-0.15, -0.1) is 0 Å². The molecule has 0 aliphatic carbocycles. The summed E-state index contributed by atoms with van der Waals surface area (Å²) < 4.78 is 22.1. The lowest BCUT2D eigenvalue weighted by molar-refractivity contribution is 0.486. The molecule has 0 saturated carbocycles. The van der Waals surface area contributed by atoms with E-state index in [1.807, 2.05) is 13.8 Å². The molecule has 0 aliphatic heterocycles. The average Bonchev–Trinajstić information content (AvgIpc) is 2.50. The predicted octanol–water partition coefficient (Wildman–Crippen LogP) is 0.493. The van der Waals surface area contributed by atoms with Gasteiger partial charge in [0.15, 0.2) is 0 Å². The van der Waals surface area contributed by atoms with Gasteiger partial charge in [0.05, 0.1) is 11.8 Å². The summed E-state index contributed by atoms with van der Waals surface area (Å²) in [6.45, 7) is 3.79. The van der Waals surface area contributed by atoms with Crippen LogP contribution >= 0.6 is 0 Å². The third-order valence-electron chi connectivity index (χ3n) is 2.02. The smallest absolute Gasteiger partial charge is 0.148 e. The maximum atomic E-state index is 11.0. The van der Waals surface area contributed by atoms with E-state index in [9.17, 15) is 8.42 Å². The van der Waals surface area contributed by atoms with Gasteiger partial charge in [-0.25, -0.2) is 13.4 Å². The van der Waals surface area contributed by atoms with Crippen molar-refractivity contribution in [2.45, 2.75) is 25.9 Å². The Hall–Kier alpha value is -0.880. The topological polar surface area (TPSA) is 74.8 Å². The molecule has 0 spiro atoms. The van der Waals surface area contributed by atoms with Crippen LogP contribution in [0.2, 0.25) is 0 Å². The Labute approximate surface area is 90.2 Å². The zero-order chi connectivity index (χ0) is 11.5. The lowest BCUT2D eigenvalue weighted by atomic mass is 10.2. The van der Waals surface area contributed by atoms with Gasteiger partial charge in [-0.05, 0) is 13.8 Å². The van der Waals surface area contributed by atoms with E-state index in [0.29, 0.717) is 0 Å². The van der Waals surface area contributed by atoms with E-state index in [1.54, 1.807) is 12.4 Å². The van der Waals surface area contributed by atoms with E-state index in [1.165, 1.54) is 6.26 Å². The minimum absolute atomic E-state index is 0.0248. The first-order chi connectivity index (χ1) is 6.88. The lowest BCUT2D eigenvalue weighted by Gasteiger charge is -2.17. The highest BCUT2D eigenvalue weighted by Crippen LogP contribution is 2.06. The van der Waals surface area contributed by atoms with E-state index >= 15 is 0 Å². The van der Waals surface area contributed by atoms with Crippen LogP contribution in [0.5, 0.6) is 0 Å². The summed E-state index contributed by atoms with van der Waals surface area (Å²) >= 11 is 0. The molecule has 2 unspecified atom stereocenters. The number of hydrogen-bond acceptors (Lipinski definition) is 4. The molecule has 5 nitrogen and oxygen atoms in total. The number of sulfone groups is 1. The summed E-state index contributed by atoms with van der Waals surface area (Å²) in [7, 11) is -2.93. The largest absolute Gasteiger partial charge is 0.347 e. The summed E-state index contributed by atoms with van der Waals surface area (Å²) in [6.07, 6.45) is 4.66. The standard InChI is InChI=1S/C9H17N3O2S/c1-7(6-15(3,13)14)12-8(2)9-10-4-5-11-9/h4-5,7-8,12H,6H2,1-3H3,(H,10,11). The molecule has 6 heteroatoms. The van der Waals surface area contributed by atoms with Gasteiger partial charge in [0, 0.05) is 24.7 Å². The van der Waals surface area contributed by atoms with Crippen molar-refractivity contribution >= 4 is 9.84 Å². The molecule has 15 heavy (non-hydrogen) atoms. The number of nitrogens with one attached hydrogen (secondary N) is 2. The molecule has 0 aromatic carbocycles. The lowest BCUT2D eigenvalue weighted by Crippen LogP contribution is -2.34. The molecule has 1 rings (SSSR count). The van der Waals surface area contributed by atoms with Gasteiger partial charge < -0.3 is 10.3 Å². The monoisotopic (exact) mass is 231 g/mol. The second kappa shape index (κ2) is 4.76. The maximum absolute atomic E-state index is 11.0. The van der Waals surface area contributed by atoms with Crippen LogP contribution in [0, 0.1) is 0 Å². The minimum Gasteiger partial charge on any atom is -0.347 e. The highest BCUT2D eigenvalue weighted by atomic mass is 32.2. The molecule has 1 aromatic rings. The first kappa shape index (κ1) is 12.2. The van der Waals surface area contributed by atoms with Gasteiger partial charge in [0.2, 0.25) is 0 Å². The molecule has 0 amide bonds. The fourth-order valence-corrected chi connectivity index (χ4v) is 2.53. The van der Waals surface area contributed by atoms with Crippen molar-refractivity contribution < 1.29 is 8.42 Å². The Balaban J connectivity index is 2.49. The van der Waals surface area contributed by atoms with Crippen molar-refractivity contribution in [2.75, 3.05) is 12.0 Å². The van der Waals surface area contributed by atoms with E-state index in [4.69, 9.17) is 0 Å². The van der Waals surface area contributed by atoms with Crippen LogP contribution in [-0.2, 0) is 9.84 Å². The fraction of sp³-hybridized carbons (Fsp3) is 0.667. The number of hydrogen-bond donors (Lipinski definition) is 2. The predicted molar refractivity (Wildman–Crippen MR) is 59.3 cm³/mol. The van der Waals surface area contributed by atoms with Crippen LogP contribution in [-0.4, -0.2) is 36.4 Å². The average molecular weight is 231 g/mol. The molecule has 1 heterocycles. The normalized spacial score (nSPS) is 16.2. The van der Waals surface area contributed by atoms with Gasteiger partial charge in [0.25, 0.3) is 0 Å². The summed E-state index contributed by atoms with van der Waals surface area (Å²) in [6, 6.07) is -0.0585. The second-order valence-corrected chi connectivity index (χ2v) is 6.04. The van der Waals surface area contributed by atoms with Crippen LogP contribution in [0.4, 0.5) is 0 Å². The molecule has 0 saturated heterocycles. The van der Waals surface area contributed by atoms with Crippen molar-refractivity contribution in [3.05, 3.63) is 18.2 Å². The van der Waals surface area contributed by atoms with Gasteiger partial charge in [0.1, 0.15) is 15.7 Å². The van der Waals surface area contributed by atoms with E-state index < -0.39 is 9.84 Å². The third kappa shape index (κ3) is 4.44. The third-order valence-corrected chi connectivity index (χ3v) is 3.12. The number of rotatable bonds is 5. The first-order valence-electron chi connectivity index (χ1n) is 4.81. The number of aromatic amines is 1. The Morgan fingerprint density at radius 3 is 2.67 bits per heavy atom.